The maximum absolute atomic E-state index is 13.3. The zero-order valence-corrected chi connectivity index (χ0v) is 18.0. The fraction of sp³-hybridized carbons (Fsp3) is 0.0870. The molecule has 31 heavy (non-hydrogen) atoms. The largest absolute Gasteiger partial charge is 0.419 e. The zero-order valence-electron chi connectivity index (χ0n) is 16.5. The summed E-state index contributed by atoms with van der Waals surface area (Å²) in [7, 11) is -3.98. The molecule has 4 aromatic rings. The van der Waals surface area contributed by atoms with Gasteiger partial charge in [-0.2, -0.15) is 4.98 Å². The van der Waals surface area contributed by atoms with Crippen molar-refractivity contribution in [2.45, 2.75) is 23.4 Å². The van der Waals surface area contributed by atoms with Crippen molar-refractivity contribution >= 4 is 27.3 Å². The Morgan fingerprint density at radius 3 is 2.42 bits per heavy atom. The van der Waals surface area contributed by atoms with Gasteiger partial charge in [0.05, 0.1) is 4.90 Å². The lowest BCUT2D eigenvalue weighted by molar-refractivity contribution is 0.576. The maximum Gasteiger partial charge on any atom is 0.234 e. The van der Waals surface area contributed by atoms with Crippen molar-refractivity contribution in [2.75, 3.05) is 5.32 Å². The minimum absolute atomic E-state index is 0.00998. The topological polar surface area (TPSA) is 72.2 Å². The molecule has 0 radical (unpaired) electrons. The Hall–Kier alpha value is -3.16. The number of nitrogens with one attached hydrogen (secondary N) is 1. The molecule has 0 unspecified atom stereocenters. The number of hydrogen-bond donors (Lipinski definition) is 1. The molecule has 0 amide bonds. The van der Waals surface area contributed by atoms with Gasteiger partial charge in [-0.1, -0.05) is 41.4 Å². The highest BCUT2D eigenvalue weighted by atomic mass is 35.5. The third kappa shape index (κ3) is 4.62. The predicted octanol–water partition coefficient (Wildman–Crippen LogP) is 5.89. The highest BCUT2D eigenvalue weighted by Gasteiger charge is 2.28. The number of aryl methyl sites for hydroxylation is 1. The van der Waals surface area contributed by atoms with Crippen LogP contribution in [0.25, 0.3) is 11.5 Å². The third-order valence-corrected chi connectivity index (χ3v) is 6.54. The summed E-state index contributed by atoms with van der Waals surface area (Å²) in [5, 5.41) is 3.18. The first-order chi connectivity index (χ1) is 14.8. The van der Waals surface area contributed by atoms with Gasteiger partial charge in [0.25, 0.3) is 0 Å². The molecule has 5 nitrogen and oxygen atoms in total. The maximum atomic E-state index is 13.3. The van der Waals surface area contributed by atoms with Crippen LogP contribution in [-0.4, -0.2) is 13.4 Å². The van der Waals surface area contributed by atoms with E-state index in [1.807, 2.05) is 25.1 Å². The van der Waals surface area contributed by atoms with Crippen LogP contribution in [0.15, 0.2) is 87.1 Å². The van der Waals surface area contributed by atoms with E-state index < -0.39 is 9.84 Å². The molecule has 8 heteroatoms. The summed E-state index contributed by atoms with van der Waals surface area (Å²) in [6, 6.07) is 19.1. The van der Waals surface area contributed by atoms with Crippen LogP contribution in [0.1, 0.15) is 11.1 Å². The fourth-order valence-corrected chi connectivity index (χ4v) is 4.42. The third-order valence-electron chi connectivity index (χ3n) is 4.61. The standard InChI is InChI=1S/C23H18ClFN2O3S/c1-15-3-2-4-17(13-15)21-27-23(31(28,29)20-11-7-18(24)8-12-20)22(30-21)26-14-16-5-9-19(25)10-6-16/h2-13,26H,14H2,1H3. The van der Waals surface area contributed by atoms with Crippen LogP contribution >= 0.6 is 11.6 Å². The van der Waals surface area contributed by atoms with Gasteiger partial charge in [0.1, 0.15) is 5.82 Å². The molecule has 158 valence electrons. The number of nitrogens with zero attached hydrogens (tertiary/aromatic N) is 1. The number of benzene rings is 3. The molecule has 0 spiro atoms. The molecule has 0 fully saturated rings. The van der Waals surface area contributed by atoms with Crippen molar-refractivity contribution in [1.29, 1.82) is 0 Å². The molecule has 0 saturated heterocycles. The number of halogens is 2. The molecule has 0 bridgehead atoms. The number of hydrogen-bond acceptors (Lipinski definition) is 5. The number of sulfone groups is 1. The highest BCUT2D eigenvalue weighted by molar-refractivity contribution is 7.91. The average molecular weight is 457 g/mol. The Labute approximate surface area is 184 Å². The molecule has 0 aliphatic heterocycles. The molecule has 1 heterocycles. The normalized spacial score (nSPS) is 11.5. The molecule has 0 aliphatic carbocycles. The summed E-state index contributed by atoms with van der Waals surface area (Å²) >= 11 is 5.90. The summed E-state index contributed by atoms with van der Waals surface area (Å²) < 4.78 is 45.6. The van der Waals surface area contributed by atoms with E-state index >= 15 is 0 Å². The van der Waals surface area contributed by atoms with Crippen molar-refractivity contribution in [1.82, 2.24) is 4.98 Å². The van der Waals surface area contributed by atoms with Crippen molar-refractivity contribution in [3.05, 3.63) is 94.8 Å². The van der Waals surface area contributed by atoms with Crippen molar-refractivity contribution in [3.8, 4) is 11.5 Å². The molecular weight excluding hydrogens is 439 g/mol. The van der Waals surface area contributed by atoms with Gasteiger partial charge < -0.3 is 9.73 Å². The van der Waals surface area contributed by atoms with E-state index in [2.05, 4.69) is 10.3 Å². The van der Waals surface area contributed by atoms with Crippen LogP contribution < -0.4 is 5.32 Å². The average Bonchev–Trinajstić information content (AvgIpc) is 3.19. The highest BCUT2D eigenvalue weighted by Crippen LogP contribution is 2.33. The predicted molar refractivity (Wildman–Crippen MR) is 117 cm³/mol. The monoisotopic (exact) mass is 456 g/mol. The van der Waals surface area contributed by atoms with E-state index in [4.69, 9.17) is 16.0 Å². The van der Waals surface area contributed by atoms with Crippen molar-refractivity contribution in [3.63, 3.8) is 0 Å². The Kier molecular flexibility index (Phi) is 5.80. The van der Waals surface area contributed by atoms with Gasteiger partial charge in [-0.05, 0) is 61.0 Å². The Morgan fingerprint density at radius 1 is 1.03 bits per heavy atom. The minimum Gasteiger partial charge on any atom is -0.419 e. The zero-order chi connectivity index (χ0) is 22.0. The summed E-state index contributed by atoms with van der Waals surface area (Å²) in [6.07, 6.45) is 0. The number of anilines is 1. The molecule has 0 atom stereocenters. The van der Waals surface area contributed by atoms with Crippen LogP contribution in [0.4, 0.5) is 10.3 Å². The van der Waals surface area contributed by atoms with Crippen molar-refractivity contribution < 1.29 is 17.2 Å². The van der Waals surface area contributed by atoms with Gasteiger partial charge in [-0.3, -0.25) is 0 Å². The summed E-state index contributed by atoms with van der Waals surface area (Å²) in [5.41, 5.74) is 2.39. The molecule has 4 rings (SSSR count). The Balaban J connectivity index is 1.76. The van der Waals surface area contributed by atoms with E-state index in [1.165, 1.54) is 36.4 Å². The van der Waals surface area contributed by atoms with E-state index in [9.17, 15) is 12.8 Å². The second-order valence-electron chi connectivity index (χ2n) is 6.96. The lowest BCUT2D eigenvalue weighted by atomic mass is 10.1. The van der Waals surface area contributed by atoms with Gasteiger partial charge in [0, 0.05) is 17.1 Å². The van der Waals surface area contributed by atoms with Gasteiger partial charge in [0.15, 0.2) is 0 Å². The van der Waals surface area contributed by atoms with Crippen LogP contribution in [-0.2, 0) is 16.4 Å². The minimum atomic E-state index is -3.98. The van der Waals surface area contributed by atoms with E-state index in [-0.39, 0.29) is 34.1 Å². The molecule has 0 saturated carbocycles. The van der Waals surface area contributed by atoms with Gasteiger partial charge in [0.2, 0.25) is 26.6 Å². The Bertz CT molecular complexity index is 1320. The number of aromatic nitrogens is 1. The summed E-state index contributed by atoms with van der Waals surface area (Å²) in [4.78, 5) is 4.36. The number of rotatable bonds is 6. The van der Waals surface area contributed by atoms with E-state index in [0.29, 0.717) is 10.6 Å². The van der Waals surface area contributed by atoms with Crippen LogP contribution in [0.5, 0.6) is 0 Å². The quantitative estimate of drug-likeness (QED) is 0.392. The second kappa shape index (κ2) is 8.53. The van der Waals surface area contributed by atoms with Crippen LogP contribution in [0.3, 0.4) is 0 Å². The van der Waals surface area contributed by atoms with Crippen LogP contribution in [0.2, 0.25) is 5.02 Å². The van der Waals surface area contributed by atoms with Gasteiger partial charge >= 0.3 is 0 Å². The molecular formula is C23H18ClFN2O3S. The Morgan fingerprint density at radius 2 is 1.74 bits per heavy atom. The summed E-state index contributed by atoms with van der Waals surface area (Å²) in [6.45, 7) is 2.15. The second-order valence-corrected chi connectivity index (χ2v) is 9.26. The van der Waals surface area contributed by atoms with E-state index in [0.717, 1.165) is 11.1 Å². The molecule has 0 aliphatic rings. The van der Waals surface area contributed by atoms with Crippen molar-refractivity contribution in [2.24, 2.45) is 0 Å². The van der Waals surface area contributed by atoms with Gasteiger partial charge in [-0.15, -0.1) is 0 Å². The molecule has 1 N–H and O–H groups in total. The summed E-state index contributed by atoms with van der Waals surface area (Å²) in [5.74, 6) is -0.162. The lowest BCUT2D eigenvalue weighted by Crippen LogP contribution is -2.07. The first-order valence-electron chi connectivity index (χ1n) is 9.40. The smallest absolute Gasteiger partial charge is 0.234 e. The van der Waals surface area contributed by atoms with Crippen LogP contribution in [0, 0.1) is 12.7 Å². The molecule has 1 aromatic heterocycles. The first kappa shape index (κ1) is 21.1. The fourth-order valence-electron chi connectivity index (χ4n) is 3.01. The van der Waals surface area contributed by atoms with Gasteiger partial charge in [-0.25, -0.2) is 12.8 Å². The lowest BCUT2D eigenvalue weighted by Gasteiger charge is -2.06. The number of oxazole rings is 1. The first-order valence-corrected chi connectivity index (χ1v) is 11.3. The van der Waals surface area contributed by atoms with E-state index in [1.54, 1.807) is 18.2 Å². The molecule has 3 aromatic carbocycles. The SMILES string of the molecule is Cc1cccc(-c2nc(S(=O)(=O)c3ccc(Cl)cc3)c(NCc3ccc(F)cc3)o2)c1.